The quantitative estimate of drug-likeness (QED) is 0.709. The number of piperidine rings is 1. The zero-order valence-corrected chi connectivity index (χ0v) is 15.1. The van der Waals surface area contributed by atoms with E-state index in [4.69, 9.17) is 9.47 Å². The van der Waals surface area contributed by atoms with Gasteiger partial charge in [0, 0.05) is 25.6 Å². The molecule has 1 N–H and O–H groups in total. The molecule has 7 heteroatoms. The number of hydrogen-bond acceptors (Lipinski definition) is 5. The Morgan fingerprint density at radius 2 is 1.81 bits per heavy atom. The second-order valence-electron chi connectivity index (χ2n) is 6.13. The highest BCUT2D eigenvalue weighted by molar-refractivity contribution is 5.81. The highest BCUT2D eigenvalue weighted by Crippen LogP contribution is 2.13. The fourth-order valence-electron chi connectivity index (χ4n) is 2.77. The zero-order valence-electron chi connectivity index (χ0n) is 15.1. The van der Waals surface area contributed by atoms with Crippen molar-refractivity contribution in [3.8, 4) is 5.75 Å². The average Bonchev–Trinajstić information content (AvgIpc) is 2.66. The van der Waals surface area contributed by atoms with Gasteiger partial charge in [0.25, 0.3) is 5.91 Å². The number of hydrogen-bond donors (Lipinski definition) is 1. The second kappa shape index (κ2) is 10.4. The van der Waals surface area contributed by atoms with Gasteiger partial charge in [-0.3, -0.25) is 14.4 Å². The highest BCUT2D eigenvalue weighted by Gasteiger charge is 2.24. The lowest BCUT2D eigenvalue weighted by Gasteiger charge is -2.32. The van der Waals surface area contributed by atoms with Crippen LogP contribution in [0.1, 0.15) is 32.6 Å². The largest absolute Gasteiger partial charge is 0.484 e. The van der Waals surface area contributed by atoms with Crippen LogP contribution >= 0.6 is 0 Å². The van der Waals surface area contributed by atoms with Crippen LogP contribution in [0.3, 0.4) is 0 Å². The van der Waals surface area contributed by atoms with Crippen molar-refractivity contribution in [3.63, 3.8) is 0 Å². The van der Waals surface area contributed by atoms with Gasteiger partial charge in [-0.15, -0.1) is 0 Å². The number of ether oxygens (including phenoxy) is 2. The van der Waals surface area contributed by atoms with Gasteiger partial charge in [0.15, 0.2) is 6.61 Å². The van der Waals surface area contributed by atoms with Crippen molar-refractivity contribution in [2.24, 2.45) is 0 Å². The Kier molecular flexibility index (Phi) is 7.92. The van der Waals surface area contributed by atoms with Gasteiger partial charge in [-0.05, 0) is 31.9 Å². The first-order chi connectivity index (χ1) is 12.6. The molecule has 0 unspecified atom stereocenters. The van der Waals surface area contributed by atoms with Crippen LogP contribution in [-0.2, 0) is 19.1 Å². The first-order valence-corrected chi connectivity index (χ1v) is 8.99. The fourth-order valence-corrected chi connectivity index (χ4v) is 2.77. The van der Waals surface area contributed by atoms with Crippen LogP contribution in [0.2, 0.25) is 0 Å². The lowest BCUT2D eigenvalue weighted by Crippen LogP contribution is -2.47. The van der Waals surface area contributed by atoms with E-state index >= 15 is 0 Å². The summed E-state index contributed by atoms with van der Waals surface area (Å²) in [7, 11) is 0. The number of esters is 1. The van der Waals surface area contributed by atoms with Crippen molar-refractivity contribution < 1.29 is 23.9 Å². The monoisotopic (exact) mass is 362 g/mol. The van der Waals surface area contributed by atoms with E-state index in [1.807, 2.05) is 30.3 Å². The van der Waals surface area contributed by atoms with Gasteiger partial charge in [-0.2, -0.15) is 0 Å². The van der Waals surface area contributed by atoms with E-state index in [1.165, 1.54) is 0 Å². The van der Waals surface area contributed by atoms with E-state index in [1.54, 1.807) is 11.8 Å². The number of carbonyl (C=O) groups is 3. The van der Waals surface area contributed by atoms with Crippen LogP contribution in [0.4, 0.5) is 0 Å². The molecule has 1 aromatic rings. The lowest BCUT2D eigenvalue weighted by molar-refractivity contribution is -0.144. The predicted molar refractivity (Wildman–Crippen MR) is 95.5 cm³/mol. The molecule has 2 rings (SSSR count). The Labute approximate surface area is 153 Å². The van der Waals surface area contributed by atoms with E-state index < -0.39 is 0 Å². The third kappa shape index (κ3) is 6.74. The molecule has 142 valence electrons. The number of carbonyl (C=O) groups excluding carboxylic acids is 3. The maximum Gasteiger partial charge on any atom is 0.306 e. The fraction of sp³-hybridized carbons (Fsp3) is 0.526. The molecule has 0 saturated carbocycles. The molecule has 0 aromatic heterocycles. The third-order valence-corrected chi connectivity index (χ3v) is 4.18. The second-order valence-corrected chi connectivity index (χ2v) is 6.13. The highest BCUT2D eigenvalue weighted by atomic mass is 16.5. The van der Waals surface area contributed by atoms with Crippen LogP contribution in [-0.4, -0.2) is 55.0 Å². The van der Waals surface area contributed by atoms with Crippen LogP contribution in [0, 0.1) is 0 Å². The smallest absolute Gasteiger partial charge is 0.306 e. The Morgan fingerprint density at radius 3 is 2.46 bits per heavy atom. The third-order valence-electron chi connectivity index (χ3n) is 4.18. The number of para-hydroxylation sites is 1. The topological polar surface area (TPSA) is 84.9 Å². The van der Waals surface area contributed by atoms with E-state index in [0.717, 1.165) is 0 Å². The summed E-state index contributed by atoms with van der Waals surface area (Å²) in [6.07, 6.45) is 1.61. The number of likely N-dealkylation sites (tertiary alicyclic amines) is 1. The molecule has 1 aliphatic rings. The summed E-state index contributed by atoms with van der Waals surface area (Å²) in [4.78, 5) is 37.1. The molecule has 1 fully saturated rings. The molecule has 2 amide bonds. The van der Waals surface area contributed by atoms with Gasteiger partial charge in [0.2, 0.25) is 5.91 Å². The Morgan fingerprint density at radius 1 is 1.12 bits per heavy atom. The zero-order chi connectivity index (χ0) is 18.8. The minimum Gasteiger partial charge on any atom is -0.484 e. The summed E-state index contributed by atoms with van der Waals surface area (Å²) in [5.74, 6) is 0.0993. The van der Waals surface area contributed by atoms with E-state index in [9.17, 15) is 14.4 Å². The normalized spacial score (nSPS) is 14.6. The standard InChI is InChI=1S/C19H26N2O5/c1-2-25-19(24)9-8-17(22)20-15-10-12-21(13-11-15)18(23)14-26-16-6-4-3-5-7-16/h3-7,15H,2,8-14H2,1H3,(H,20,22). The molecule has 0 spiro atoms. The summed E-state index contributed by atoms with van der Waals surface area (Å²) < 4.78 is 10.3. The number of rotatable bonds is 8. The molecule has 0 atom stereocenters. The number of benzene rings is 1. The van der Waals surface area contributed by atoms with Gasteiger partial charge in [-0.25, -0.2) is 0 Å². The summed E-state index contributed by atoms with van der Waals surface area (Å²) in [6, 6.07) is 9.26. The Bertz CT molecular complexity index is 597. The molecule has 26 heavy (non-hydrogen) atoms. The number of amides is 2. The summed E-state index contributed by atoms with van der Waals surface area (Å²) in [5, 5.41) is 2.92. The van der Waals surface area contributed by atoms with E-state index in [-0.39, 0.29) is 43.3 Å². The van der Waals surface area contributed by atoms with Crippen molar-refractivity contribution in [2.45, 2.75) is 38.6 Å². The van der Waals surface area contributed by atoms with Crippen LogP contribution in [0.15, 0.2) is 30.3 Å². The van der Waals surface area contributed by atoms with Crippen molar-refractivity contribution in [3.05, 3.63) is 30.3 Å². The number of nitrogens with one attached hydrogen (secondary N) is 1. The SMILES string of the molecule is CCOC(=O)CCC(=O)NC1CCN(C(=O)COc2ccccc2)CC1. The van der Waals surface area contributed by atoms with Crippen LogP contribution in [0.5, 0.6) is 5.75 Å². The maximum atomic E-state index is 12.2. The van der Waals surface area contributed by atoms with E-state index in [2.05, 4.69) is 5.32 Å². The average molecular weight is 362 g/mol. The van der Waals surface area contributed by atoms with Crippen LogP contribution < -0.4 is 10.1 Å². The summed E-state index contributed by atoms with van der Waals surface area (Å²) in [5.41, 5.74) is 0. The minimum absolute atomic E-state index is 0.0145. The molecule has 0 aliphatic carbocycles. The molecule has 1 aromatic carbocycles. The molecule has 1 saturated heterocycles. The summed E-state index contributed by atoms with van der Waals surface area (Å²) >= 11 is 0. The van der Waals surface area contributed by atoms with Crippen molar-refractivity contribution >= 4 is 17.8 Å². The van der Waals surface area contributed by atoms with Gasteiger partial charge < -0.3 is 19.7 Å². The van der Waals surface area contributed by atoms with Gasteiger partial charge in [0.05, 0.1) is 13.0 Å². The van der Waals surface area contributed by atoms with Crippen molar-refractivity contribution in [1.82, 2.24) is 10.2 Å². The minimum atomic E-state index is -0.360. The van der Waals surface area contributed by atoms with Gasteiger partial charge >= 0.3 is 5.97 Å². The molecule has 7 nitrogen and oxygen atoms in total. The molecule has 0 radical (unpaired) electrons. The molecular formula is C19H26N2O5. The summed E-state index contributed by atoms with van der Waals surface area (Å²) in [6.45, 7) is 3.24. The molecule has 1 aliphatic heterocycles. The Balaban J connectivity index is 1.64. The van der Waals surface area contributed by atoms with Crippen molar-refractivity contribution in [2.75, 3.05) is 26.3 Å². The predicted octanol–water partition coefficient (Wildman–Crippen LogP) is 1.52. The molecule has 0 bridgehead atoms. The Hall–Kier alpha value is -2.57. The van der Waals surface area contributed by atoms with Gasteiger partial charge in [0.1, 0.15) is 5.75 Å². The molecule has 1 heterocycles. The van der Waals surface area contributed by atoms with Crippen LogP contribution in [0.25, 0.3) is 0 Å². The van der Waals surface area contributed by atoms with Gasteiger partial charge in [-0.1, -0.05) is 18.2 Å². The lowest BCUT2D eigenvalue weighted by atomic mass is 10.0. The first-order valence-electron chi connectivity index (χ1n) is 8.99. The maximum absolute atomic E-state index is 12.2. The first kappa shape index (κ1) is 19.8. The molecular weight excluding hydrogens is 336 g/mol. The van der Waals surface area contributed by atoms with Crippen molar-refractivity contribution in [1.29, 1.82) is 0 Å². The van der Waals surface area contributed by atoms with E-state index in [0.29, 0.717) is 38.3 Å². The number of nitrogens with zero attached hydrogens (tertiary/aromatic N) is 1.